The molecule has 140 valence electrons. The van der Waals surface area contributed by atoms with Crippen molar-refractivity contribution in [2.45, 2.75) is 48.8 Å². The molecule has 1 aliphatic carbocycles. The summed E-state index contributed by atoms with van der Waals surface area (Å²) in [6.45, 7) is 1.32. The fourth-order valence-electron chi connectivity index (χ4n) is 2.60. The Morgan fingerprint density at radius 3 is 2.52 bits per heavy atom. The molecule has 0 spiro atoms. The molecule has 1 saturated carbocycles. The first-order valence-corrected chi connectivity index (χ1v) is 9.65. The predicted molar refractivity (Wildman–Crippen MR) is 95.9 cm³/mol. The van der Waals surface area contributed by atoms with Gasteiger partial charge in [0.2, 0.25) is 15.9 Å². The van der Waals surface area contributed by atoms with E-state index in [1.807, 2.05) is 0 Å². The second kappa shape index (κ2) is 8.01. The van der Waals surface area contributed by atoms with Crippen LogP contribution in [0.15, 0.2) is 29.2 Å². The van der Waals surface area contributed by atoms with Crippen molar-refractivity contribution < 1.29 is 17.9 Å². The molecule has 7 nitrogen and oxygen atoms in total. The van der Waals surface area contributed by atoms with Crippen molar-refractivity contribution in [3.8, 4) is 0 Å². The number of carbonyl (C=O) groups is 1. The fraction of sp³-hybridized carbons (Fsp3) is 0.562. The molecule has 0 radical (unpaired) electrons. The summed E-state index contributed by atoms with van der Waals surface area (Å²) >= 11 is 0. The van der Waals surface area contributed by atoms with Crippen LogP contribution in [0.2, 0.25) is 0 Å². The van der Waals surface area contributed by atoms with Crippen molar-refractivity contribution in [2.75, 3.05) is 13.2 Å². The number of benzene rings is 1. The van der Waals surface area contributed by atoms with E-state index >= 15 is 0 Å². The molecule has 1 aromatic rings. The Morgan fingerprint density at radius 1 is 1.28 bits per heavy atom. The minimum atomic E-state index is -3.55. The number of nitrogens with two attached hydrogens (primary N) is 1. The van der Waals surface area contributed by atoms with Gasteiger partial charge in [0.15, 0.2) is 0 Å². The minimum Gasteiger partial charge on any atom is -0.377 e. The lowest BCUT2D eigenvalue weighted by Crippen LogP contribution is -2.42. The first-order valence-electron chi connectivity index (χ1n) is 8.16. The van der Waals surface area contributed by atoms with Crippen molar-refractivity contribution in [2.24, 2.45) is 5.73 Å². The topological polar surface area (TPSA) is 111 Å². The average molecular weight is 390 g/mol. The van der Waals surface area contributed by atoms with Crippen molar-refractivity contribution in [1.82, 2.24) is 10.0 Å². The maximum atomic E-state index is 12.3. The van der Waals surface area contributed by atoms with Crippen LogP contribution in [0.1, 0.15) is 31.2 Å². The quantitative estimate of drug-likeness (QED) is 0.634. The third-order valence-electron chi connectivity index (χ3n) is 4.45. The van der Waals surface area contributed by atoms with E-state index < -0.39 is 15.6 Å². The first-order chi connectivity index (χ1) is 11.4. The molecule has 0 aromatic heterocycles. The summed E-state index contributed by atoms with van der Waals surface area (Å²) in [4.78, 5) is 12.0. The molecule has 2 fully saturated rings. The minimum absolute atomic E-state index is 0. The van der Waals surface area contributed by atoms with Gasteiger partial charge in [-0.25, -0.2) is 13.1 Å². The van der Waals surface area contributed by atoms with E-state index in [9.17, 15) is 13.2 Å². The number of sulfonamides is 1. The van der Waals surface area contributed by atoms with Crippen LogP contribution in [0.25, 0.3) is 0 Å². The van der Waals surface area contributed by atoms with Crippen LogP contribution < -0.4 is 15.8 Å². The third-order valence-corrected chi connectivity index (χ3v) is 5.89. The molecular weight excluding hydrogens is 366 g/mol. The maximum Gasteiger partial charge on any atom is 0.240 e. The molecule has 0 bridgehead atoms. The fourth-order valence-corrected chi connectivity index (χ4v) is 3.66. The lowest BCUT2D eigenvalue weighted by atomic mass is 10.2. The summed E-state index contributed by atoms with van der Waals surface area (Å²) in [6, 6.07) is 6.46. The first kappa shape index (κ1) is 20.1. The smallest absolute Gasteiger partial charge is 0.240 e. The highest BCUT2D eigenvalue weighted by Gasteiger charge is 2.45. The van der Waals surface area contributed by atoms with Gasteiger partial charge in [0, 0.05) is 19.7 Å². The highest BCUT2D eigenvalue weighted by molar-refractivity contribution is 7.89. The van der Waals surface area contributed by atoms with Gasteiger partial charge in [0.1, 0.15) is 0 Å². The SMILES string of the molecule is Cl.NC1(C(=O)NCc2ccc(S(=O)(=O)NCC3CCCO3)cc2)CC1. The molecular formula is C16H24ClN3O4S. The molecule has 1 aliphatic heterocycles. The monoisotopic (exact) mass is 389 g/mol. The number of carbonyl (C=O) groups excluding carboxylic acids is 1. The standard InChI is InChI=1S/C16H23N3O4S.ClH/c17-16(7-8-16)15(20)18-10-12-3-5-14(6-4-12)24(21,22)19-11-13-2-1-9-23-13;/h3-6,13,19H,1-2,7-11,17H2,(H,18,20);1H. The van der Waals surface area contributed by atoms with Crippen LogP contribution in [-0.2, 0) is 26.1 Å². The Kier molecular flexibility index (Phi) is 6.45. The van der Waals surface area contributed by atoms with E-state index in [4.69, 9.17) is 10.5 Å². The van der Waals surface area contributed by atoms with Crippen molar-refractivity contribution in [3.05, 3.63) is 29.8 Å². The number of rotatable bonds is 7. The Balaban J connectivity index is 0.00000225. The second-order valence-electron chi connectivity index (χ2n) is 6.47. The van der Waals surface area contributed by atoms with Crippen molar-refractivity contribution >= 4 is 28.3 Å². The van der Waals surface area contributed by atoms with Crippen LogP contribution in [0.3, 0.4) is 0 Å². The lowest BCUT2D eigenvalue weighted by molar-refractivity contribution is -0.123. The highest BCUT2D eigenvalue weighted by atomic mass is 35.5. The summed E-state index contributed by atoms with van der Waals surface area (Å²) in [5.41, 5.74) is 5.94. The van der Waals surface area contributed by atoms with Gasteiger partial charge in [0.05, 0.1) is 16.5 Å². The van der Waals surface area contributed by atoms with Gasteiger partial charge in [-0.05, 0) is 43.4 Å². The lowest BCUT2D eigenvalue weighted by Gasteiger charge is -2.12. The van der Waals surface area contributed by atoms with Gasteiger partial charge in [-0.15, -0.1) is 12.4 Å². The Bertz CT molecular complexity index is 699. The molecule has 9 heteroatoms. The second-order valence-corrected chi connectivity index (χ2v) is 8.24. The van der Waals surface area contributed by atoms with E-state index in [0.717, 1.165) is 18.4 Å². The van der Waals surface area contributed by atoms with E-state index in [1.54, 1.807) is 12.1 Å². The van der Waals surface area contributed by atoms with E-state index in [0.29, 0.717) is 32.5 Å². The number of hydrogen-bond acceptors (Lipinski definition) is 5. The largest absolute Gasteiger partial charge is 0.377 e. The van der Waals surface area contributed by atoms with Crippen LogP contribution in [0, 0.1) is 0 Å². The average Bonchev–Trinajstić information content (AvgIpc) is 3.12. The Morgan fingerprint density at radius 2 is 1.96 bits per heavy atom. The summed E-state index contributed by atoms with van der Waals surface area (Å²) < 4.78 is 32.5. The summed E-state index contributed by atoms with van der Waals surface area (Å²) in [5.74, 6) is -0.155. The molecule has 1 atom stereocenters. The van der Waals surface area contributed by atoms with Crippen LogP contribution in [0.5, 0.6) is 0 Å². The molecule has 1 amide bonds. The summed E-state index contributed by atoms with van der Waals surface area (Å²) in [5, 5.41) is 2.78. The van der Waals surface area contributed by atoms with Crippen LogP contribution in [0.4, 0.5) is 0 Å². The van der Waals surface area contributed by atoms with Crippen LogP contribution >= 0.6 is 12.4 Å². The number of hydrogen-bond donors (Lipinski definition) is 3. The zero-order valence-electron chi connectivity index (χ0n) is 13.9. The molecule has 1 aromatic carbocycles. The normalized spacial score (nSPS) is 21.4. The molecule has 3 rings (SSSR count). The van der Waals surface area contributed by atoms with E-state index in [-0.39, 0.29) is 29.3 Å². The van der Waals surface area contributed by atoms with Gasteiger partial charge in [-0.3, -0.25) is 4.79 Å². The number of halogens is 1. The molecule has 4 N–H and O–H groups in total. The number of amides is 1. The number of ether oxygens (including phenoxy) is 1. The van der Waals surface area contributed by atoms with E-state index in [1.165, 1.54) is 12.1 Å². The third kappa shape index (κ3) is 5.15. The molecule has 25 heavy (non-hydrogen) atoms. The molecule has 1 unspecified atom stereocenters. The van der Waals surface area contributed by atoms with E-state index in [2.05, 4.69) is 10.0 Å². The Hall–Kier alpha value is -1.19. The predicted octanol–water partition coefficient (Wildman–Crippen LogP) is 0.673. The maximum absolute atomic E-state index is 12.3. The highest BCUT2D eigenvalue weighted by Crippen LogP contribution is 2.32. The van der Waals surface area contributed by atoms with Gasteiger partial charge >= 0.3 is 0 Å². The number of nitrogens with one attached hydrogen (secondary N) is 2. The zero-order chi connectivity index (χ0) is 17.2. The molecule has 2 aliphatic rings. The zero-order valence-corrected chi connectivity index (χ0v) is 15.5. The van der Waals surface area contributed by atoms with Gasteiger partial charge in [0.25, 0.3) is 0 Å². The molecule has 1 saturated heterocycles. The van der Waals surface area contributed by atoms with Gasteiger partial charge in [-0.1, -0.05) is 12.1 Å². The summed E-state index contributed by atoms with van der Waals surface area (Å²) in [7, 11) is -3.55. The van der Waals surface area contributed by atoms with Gasteiger partial charge in [-0.2, -0.15) is 0 Å². The van der Waals surface area contributed by atoms with Crippen molar-refractivity contribution in [3.63, 3.8) is 0 Å². The van der Waals surface area contributed by atoms with Crippen LogP contribution in [-0.4, -0.2) is 39.1 Å². The Labute approximate surface area is 154 Å². The van der Waals surface area contributed by atoms with Gasteiger partial charge < -0.3 is 15.8 Å². The summed E-state index contributed by atoms with van der Waals surface area (Å²) in [6.07, 6.45) is 3.24. The van der Waals surface area contributed by atoms with Crippen molar-refractivity contribution in [1.29, 1.82) is 0 Å². The molecule has 1 heterocycles.